The van der Waals surface area contributed by atoms with Gasteiger partial charge in [0.2, 0.25) is 15.1 Å². The standard InChI is InChI=1S/C14H9ClN2O2S/c15-14-16-9-5-3-7-11-12(9)13(17-14)8-4-1-2-6-10(8)20(11,18)19/h1-4,6-7,9H,5H2. The fourth-order valence-corrected chi connectivity index (χ4v) is 4.78. The second kappa shape index (κ2) is 3.90. The minimum atomic E-state index is -3.50. The minimum Gasteiger partial charge on any atom is -0.248 e. The largest absolute Gasteiger partial charge is 0.248 e. The summed E-state index contributed by atoms with van der Waals surface area (Å²) in [7, 11) is -3.50. The molecule has 3 aliphatic rings. The molecule has 2 aliphatic heterocycles. The van der Waals surface area contributed by atoms with Crippen LogP contribution in [0.15, 0.2) is 61.8 Å². The van der Waals surface area contributed by atoms with Crippen LogP contribution in [0.3, 0.4) is 0 Å². The quantitative estimate of drug-likeness (QED) is 0.691. The highest BCUT2D eigenvalue weighted by Gasteiger charge is 2.40. The summed E-state index contributed by atoms with van der Waals surface area (Å²) >= 11 is 5.99. The molecule has 1 aromatic carbocycles. The van der Waals surface area contributed by atoms with Crippen LogP contribution in [0.25, 0.3) is 0 Å². The summed E-state index contributed by atoms with van der Waals surface area (Å²) in [6.07, 6.45) is 4.12. The second-order valence-electron chi connectivity index (χ2n) is 4.79. The Morgan fingerprint density at radius 3 is 2.90 bits per heavy atom. The molecule has 0 radical (unpaired) electrons. The molecular weight excluding hydrogens is 296 g/mol. The fraction of sp³-hybridized carbons (Fsp3) is 0.143. The molecule has 0 amide bonds. The van der Waals surface area contributed by atoms with E-state index in [1.165, 1.54) is 0 Å². The van der Waals surface area contributed by atoms with Crippen molar-refractivity contribution in [3.05, 3.63) is 52.5 Å². The number of fused-ring (bicyclic) bond motifs is 2. The number of allylic oxidation sites excluding steroid dienone is 1. The van der Waals surface area contributed by atoms with Crippen LogP contribution in [0.2, 0.25) is 0 Å². The molecule has 1 aliphatic carbocycles. The molecule has 1 unspecified atom stereocenters. The molecule has 0 aromatic heterocycles. The number of benzene rings is 1. The Morgan fingerprint density at radius 1 is 1.25 bits per heavy atom. The molecule has 0 saturated carbocycles. The van der Waals surface area contributed by atoms with Crippen molar-refractivity contribution in [3.8, 4) is 0 Å². The summed E-state index contributed by atoms with van der Waals surface area (Å²) < 4.78 is 25.4. The van der Waals surface area contributed by atoms with Crippen LogP contribution in [-0.4, -0.2) is 25.5 Å². The topological polar surface area (TPSA) is 58.9 Å². The Balaban J connectivity index is 2.16. The van der Waals surface area contributed by atoms with Crippen LogP contribution >= 0.6 is 11.6 Å². The van der Waals surface area contributed by atoms with Gasteiger partial charge in [-0.25, -0.2) is 18.4 Å². The van der Waals surface area contributed by atoms with E-state index in [4.69, 9.17) is 11.6 Å². The lowest BCUT2D eigenvalue weighted by molar-refractivity contribution is 0.600. The van der Waals surface area contributed by atoms with E-state index in [9.17, 15) is 8.42 Å². The lowest BCUT2D eigenvalue weighted by atomic mass is 9.90. The first-order valence-electron chi connectivity index (χ1n) is 6.16. The third kappa shape index (κ3) is 1.45. The van der Waals surface area contributed by atoms with E-state index < -0.39 is 9.84 Å². The van der Waals surface area contributed by atoms with E-state index in [1.807, 2.05) is 6.08 Å². The first kappa shape index (κ1) is 12.1. The number of hydrogen-bond acceptors (Lipinski definition) is 4. The molecule has 2 heterocycles. The zero-order valence-electron chi connectivity index (χ0n) is 10.2. The van der Waals surface area contributed by atoms with E-state index in [-0.39, 0.29) is 16.2 Å². The maximum absolute atomic E-state index is 12.7. The zero-order chi connectivity index (χ0) is 13.9. The molecule has 0 saturated heterocycles. The average molecular weight is 305 g/mol. The Bertz CT molecular complexity index is 863. The molecule has 4 nitrogen and oxygen atoms in total. The van der Waals surface area contributed by atoms with E-state index in [0.717, 1.165) is 0 Å². The molecule has 0 fully saturated rings. The maximum Gasteiger partial charge on any atom is 0.218 e. The van der Waals surface area contributed by atoms with Gasteiger partial charge in [0.05, 0.1) is 21.6 Å². The summed E-state index contributed by atoms with van der Waals surface area (Å²) in [5.74, 6) is 0. The number of rotatable bonds is 0. The summed E-state index contributed by atoms with van der Waals surface area (Å²) in [6.45, 7) is 0. The number of nitrogens with zero attached hydrogens (tertiary/aromatic N) is 2. The first-order valence-corrected chi connectivity index (χ1v) is 8.03. The van der Waals surface area contributed by atoms with Crippen molar-refractivity contribution in [1.29, 1.82) is 0 Å². The van der Waals surface area contributed by atoms with Crippen LogP contribution < -0.4 is 0 Å². The van der Waals surface area contributed by atoms with Gasteiger partial charge in [-0.2, -0.15) is 0 Å². The van der Waals surface area contributed by atoms with Crippen molar-refractivity contribution < 1.29 is 8.42 Å². The van der Waals surface area contributed by atoms with Crippen LogP contribution in [0.5, 0.6) is 0 Å². The third-order valence-corrected chi connectivity index (χ3v) is 5.72. The van der Waals surface area contributed by atoms with E-state index in [0.29, 0.717) is 28.2 Å². The Labute approximate surface area is 121 Å². The molecule has 1 atom stereocenters. The van der Waals surface area contributed by atoms with Crippen LogP contribution in [0.4, 0.5) is 0 Å². The van der Waals surface area contributed by atoms with Crippen LogP contribution in [-0.2, 0) is 9.84 Å². The fourth-order valence-electron chi connectivity index (χ4n) is 2.83. The van der Waals surface area contributed by atoms with Crippen molar-refractivity contribution in [1.82, 2.24) is 0 Å². The van der Waals surface area contributed by atoms with Gasteiger partial charge in [0.25, 0.3) is 0 Å². The summed E-state index contributed by atoms with van der Waals surface area (Å²) in [4.78, 5) is 9.11. The van der Waals surface area contributed by atoms with Gasteiger partial charge in [0.1, 0.15) is 0 Å². The van der Waals surface area contributed by atoms with Crippen molar-refractivity contribution >= 4 is 32.4 Å². The highest BCUT2D eigenvalue weighted by molar-refractivity contribution is 7.95. The van der Waals surface area contributed by atoms with Gasteiger partial charge >= 0.3 is 0 Å². The Hall–Kier alpha value is -1.72. The highest BCUT2D eigenvalue weighted by atomic mass is 35.5. The predicted octanol–water partition coefficient (Wildman–Crippen LogP) is 2.45. The predicted molar refractivity (Wildman–Crippen MR) is 78.0 cm³/mol. The van der Waals surface area contributed by atoms with Gasteiger partial charge in [-0.3, -0.25) is 0 Å². The van der Waals surface area contributed by atoms with Crippen molar-refractivity contribution in [2.75, 3.05) is 0 Å². The van der Waals surface area contributed by atoms with Gasteiger partial charge in [-0.1, -0.05) is 24.3 Å². The molecule has 6 heteroatoms. The first-order chi connectivity index (χ1) is 9.59. The number of amidine groups is 1. The Kier molecular flexibility index (Phi) is 2.35. The highest BCUT2D eigenvalue weighted by Crippen LogP contribution is 2.40. The van der Waals surface area contributed by atoms with Gasteiger partial charge in [0, 0.05) is 11.1 Å². The Morgan fingerprint density at radius 2 is 2.05 bits per heavy atom. The van der Waals surface area contributed by atoms with Gasteiger partial charge in [-0.15, -0.1) is 0 Å². The molecule has 0 N–H and O–H groups in total. The SMILES string of the molecule is O=S1(=O)C2=C3C(=NC(Cl)=NC3CC=C2)c2ccccc21. The molecule has 0 spiro atoms. The summed E-state index contributed by atoms with van der Waals surface area (Å²) in [6, 6.07) is 6.63. The van der Waals surface area contributed by atoms with Gasteiger partial charge < -0.3 is 0 Å². The van der Waals surface area contributed by atoms with Gasteiger partial charge in [0.15, 0.2) is 0 Å². The molecule has 100 valence electrons. The monoisotopic (exact) mass is 304 g/mol. The van der Waals surface area contributed by atoms with E-state index in [1.54, 1.807) is 30.3 Å². The molecule has 20 heavy (non-hydrogen) atoms. The molecule has 1 aromatic rings. The minimum absolute atomic E-state index is 0.178. The van der Waals surface area contributed by atoms with Crippen LogP contribution in [0.1, 0.15) is 12.0 Å². The van der Waals surface area contributed by atoms with E-state index in [2.05, 4.69) is 9.98 Å². The van der Waals surface area contributed by atoms with Crippen molar-refractivity contribution in [3.63, 3.8) is 0 Å². The lowest BCUT2D eigenvalue weighted by Gasteiger charge is -2.30. The number of hydrogen-bond donors (Lipinski definition) is 0. The number of halogens is 1. The average Bonchev–Trinajstić information content (AvgIpc) is 2.44. The van der Waals surface area contributed by atoms with Crippen molar-refractivity contribution in [2.45, 2.75) is 17.4 Å². The normalized spacial score (nSPS) is 25.6. The van der Waals surface area contributed by atoms with E-state index >= 15 is 0 Å². The zero-order valence-corrected chi connectivity index (χ0v) is 11.8. The molecular formula is C14H9ClN2O2S. The summed E-state index contributed by atoms with van der Waals surface area (Å²) in [5, 5.41) is 0.178. The maximum atomic E-state index is 12.7. The third-order valence-electron chi connectivity index (χ3n) is 3.67. The van der Waals surface area contributed by atoms with Gasteiger partial charge in [-0.05, 0) is 30.2 Å². The second-order valence-corrected chi connectivity index (χ2v) is 7.01. The van der Waals surface area contributed by atoms with Crippen molar-refractivity contribution in [2.24, 2.45) is 9.98 Å². The number of aliphatic imine (C=N–C) groups is 2. The summed E-state index contributed by atoms with van der Waals surface area (Å²) in [5.41, 5.74) is 1.93. The number of sulfone groups is 1. The molecule has 0 bridgehead atoms. The molecule has 4 rings (SSSR count). The smallest absolute Gasteiger partial charge is 0.218 e. The lowest BCUT2D eigenvalue weighted by Crippen LogP contribution is -2.32. The van der Waals surface area contributed by atoms with Crippen LogP contribution in [0, 0.1) is 0 Å².